The summed E-state index contributed by atoms with van der Waals surface area (Å²) < 4.78 is 2.58. The lowest BCUT2D eigenvalue weighted by Gasteiger charge is -1.76. The van der Waals surface area contributed by atoms with E-state index in [1.165, 1.54) is 0 Å². The van der Waals surface area contributed by atoms with Crippen molar-refractivity contribution in [2.75, 3.05) is 0 Å². The highest BCUT2D eigenvalue weighted by Crippen LogP contribution is 2.00. The zero-order chi connectivity index (χ0) is 5.28. The van der Waals surface area contributed by atoms with Crippen LogP contribution in [0.3, 0.4) is 0 Å². The molecule has 1 rings (SSSR count). The van der Waals surface area contributed by atoms with Gasteiger partial charge in [0.05, 0.1) is 0 Å². The van der Waals surface area contributed by atoms with Crippen molar-refractivity contribution in [1.82, 2.24) is 9.55 Å². The summed E-state index contributed by atoms with van der Waals surface area (Å²) in [4.78, 5) is 3.77. The van der Waals surface area contributed by atoms with Gasteiger partial charge in [-0.15, -0.1) is 0 Å². The molecule has 7 heavy (non-hydrogen) atoms. The number of aryl methyl sites for hydroxylation is 1. The van der Waals surface area contributed by atoms with Crippen molar-refractivity contribution in [2.45, 2.75) is 0 Å². The van der Waals surface area contributed by atoms with Crippen LogP contribution >= 0.6 is 15.9 Å². The molecule has 3 heteroatoms. The largest absolute Gasteiger partial charge is 0.330 e. The van der Waals surface area contributed by atoms with Crippen LogP contribution in [0.25, 0.3) is 0 Å². The second-order valence-electron chi connectivity index (χ2n) is 1.27. The second-order valence-corrected chi connectivity index (χ2v) is 2.09. The minimum Gasteiger partial charge on any atom is -0.330 e. The molecule has 1 radical (unpaired) electrons. The molecule has 0 aliphatic carbocycles. The standard InChI is InChI=1S/C4H4BrN2/c1-7-2-4(5)6-3-7/h2H,1H3. The number of nitrogens with zero attached hydrogens (tertiary/aromatic N) is 2. The molecule has 0 bridgehead atoms. The smallest absolute Gasteiger partial charge is 0.177 e. The molecule has 0 N–H and O–H groups in total. The highest BCUT2D eigenvalue weighted by atomic mass is 79.9. The number of rotatable bonds is 0. The summed E-state index contributed by atoms with van der Waals surface area (Å²) in [7, 11) is 1.87. The first-order valence-corrected chi connectivity index (χ1v) is 2.65. The molecule has 0 unspecified atom stereocenters. The van der Waals surface area contributed by atoms with E-state index in [1.54, 1.807) is 4.57 Å². The fraction of sp³-hybridized carbons (Fsp3) is 0.250. The third kappa shape index (κ3) is 1.03. The molecule has 0 saturated heterocycles. The summed E-state index contributed by atoms with van der Waals surface area (Å²) >= 11 is 3.17. The lowest BCUT2D eigenvalue weighted by Crippen LogP contribution is -1.77. The van der Waals surface area contributed by atoms with Gasteiger partial charge in [0, 0.05) is 13.2 Å². The predicted octanol–water partition coefficient (Wildman–Crippen LogP) is 0.983. The Morgan fingerprint density at radius 1 is 2.00 bits per heavy atom. The van der Waals surface area contributed by atoms with Crippen molar-refractivity contribution < 1.29 is 0 Å². The van der Waals surface area contributed by atoms with E-state index in [4.69, 9.17) is 0 Å². The first kappa shape index (κ1) is 4.84. The molecule has 1 heterocycles. The highest BCUT2D eigenvalue weighted by Gasteiger charge is 1.85. The molecule has 0 saturated carbocycles. The normalized spacial score (nSPS) is 9.43. The van der Waals surface area contributed by atoms with Crippen molar-refractivity contribution in [2.24, 2.45) is 7.05 Å². The van der Waals surface area contributed by atoms with Gasteiger partial charge < -0.3 is 4.57 Å². The van der Waals surface area contributed by atoms with Crippen LogP contribution in [-0.4, -0.2) is 9.55 Å². The summed E-state index contributed by atoms with van der Waals surface area (Å²) in [6.07, 6.45) is 4.52. The molecule has 0 atom stereocenters. The molecule has 0 aliphatic heterocycles. The second kappa shape index (κ2) is 1.66. The van der Waals surface area contributed by atoms with Crippen LogP contribution in [0.1, 0.15) is 0 Å². The molecule has 0 aliphatic rings. The Kier molecular flexibility index (Phi) is 1.15. The van der Waals surface area contributed by atoms with E-state index < -0.39 is 0 Å². The van der Waals surface area contributed by atoms with Gasteiger partial charge in [-0.3, -0.25) is 0 Å². The fourth-order valence-electron chi connectivity index (χ4n) is 0.344. The first-order valence-electron chi connectivity index (χ1n) is 1.85. The maximum absolute atomic E-state index is 3.77. The van der Waals surface area contributed by atoms with Crippen molar-refractivity contribution in [1.29, 1.82) is 0 Å². The highest BCUT2D eigenvalue weighted by molar-refractivity contribution is 9.10. The van der Waals surface area contributed by atoms with Crippen LogP contribution in [0.5, 0.6) is 0 Å². The minimum atomic E-state index is 0.829. The van der Waals surface area contributed by atoms with E-state index in [0.29, 0.717) is 0 Å². The van der Waals surface area contributed by atoms with E-state index in [1.807, 2.05) is 13.2 Å². The number of hydrogen-bond donors (Lipinski definition) is 0. The third-order valence-electron chi connectivity index (χ3n) is 0.615. The van der Waals surface area contributed by atoms with Gasteiger partial charge in [0.15, 0.2) is 6.33 Å². The van der Waals surface area contributed by atoms with Crippen LogP contribution in [0, 0.1) is 6.33 Å². The zero-order valence-corrected chi connectivity index (χ0v) is 5.44. The molecule has 0 fully saturated rings. The zero-order valence-electron chi connectivity index (χ0n) is 3.85. The SMILES string of the molecule is Cn1[c]nc(Br)c1. The molecule has 1 aromatic heterocycles. The minimum absolute atomic E-state index is 0.829. The number of imidazole rings is 1. The van der Waals surface area contributed by atoms with E-state index in [-0.39, 0.29) is 0 Å². The van der Waals surface area contributed by atoms with Gasteiger partial charge in [-0.25, -0.2) is 4.98 Å². The molecule has 0 aromatic carbocycles. The Bertz CT molecular complexity index is 142. The summed E-state index contributed by atoms with van der Waals surface area (Å²) in [6, 6.07) is 0. The van der Waals surface area contributed by atoms with E-state index in [0.717, 1.165) is 4.60 Å². The molecular formula is C4H4BrN2. The average Bonchev–Trinajstić information content (AvgIpc) is 1.87. The van der Waals surface area contributed by atoms with Crippen LogP contribution in [-0.2, 0) is 7.05 Å². The molecule has 2 nitrogen and oxygen atoms in total. The van der Waals surface area contributed by atoms with Crippen molar-refractivity contribution >= 4 is 15.9 Å². The van der Waals surface area contributed by atoms with E-state index >= 15 is 0 Å². The maximum atomic E-state index is 3.77. The van der Waals surface area contributed by atoms with Crippen molar-refractivity contribution in [3.05, 3.63) is 17.1 Å². The van der Waals surface area contributed by atoms with Gasteiger partial charge in [-0.1, -0.05) is 0 Å². The van der Waals surface area contributed by atoms with Gasteiger partial charge in [-0.05, 0) is 15.9 Å². The summed E-state index contributed by atoms with van der Waals surface area (Å²) in [6.45, 7) is 0. The molecular weight excluding hydrogens is 156 g/mol. The van der Waals surface area contributed by atoms with Crippen molar-refractivity contribution in [3.63, 3.8) is 0 Å². The van der Waals surface area contributed by atoms with E-state index in [9.17, 15) is 0 Å². The van der Waals surface area contributed by atoms with Crippen LogP contribution in [0.15, 0.2) is 10.8 Å². The first-order chi connectivity index (χ1) is 3.29. The van der Waals surface area contributed by atoms with Crippen LogP contribution in [0.2, 0.25) is 0 Å². The molecule has 37 valence electrons. The van der Waals surface area contributed by atoms with Crippen LogP contribution in [0.4, 0.5) is 0 Å². The van der Waals surface area contributed by atoms with E-state index in [2.05, 4.69) is 27.2 Å². The van der Waals surface area contributed by atoms with Gasteiger partial charge in [0.1, 0.15) is 4.60 Å². The maximum Gasteiger partial charge on any atom is 0.177 e. The Balaban J connectivity index is 3.04. The fourth-order valence-corrected chi connectivity index (χ4v) is 0.731. The lowest BCUT2D eigenvalue weighted by molar-refractivity contribution is 0.902. The van der Waals surface area contributed by atoms with Gasteiger partial charge in [0.25, 0.3) is 0 Å². The molecule has 0 amide bonds. The Hall–Kier alpha value is -0.310. The third-order valence-corrected chi connectivity index (χ3v) is 0.997. The summed E-state index contributed by atoms with van der Waals surface area (Å²) in [5, 5.41) is 0. The molecule has 1 aromatic rings. The number of hydrogen-bond acceptors (Lipinski definition) is 1. The quantitative estimate of drug-likeness (QED) is 0.553. The average molecular weight is 160 g/mol. The predicted molar refractivity (Wildman–Crippen MR) is 29.7 cm³/mol. The van der Waals surface area contributed by atoms with Gasteiger partial charge in [-0.2, -0.15) is 0 Å². The Morgan fingerprint density at radius 3 is 2.86 bits per heavy atom. The van der Waals surface area contributed by atoms with Crippen molar-refractivity contribution in [3.8, 4) is 0 Å². The monoisotopic (exact) mass is 159 g/mol. The van der Waals surface area contributed by atoms with Crippen LogP contribution < -0.4 is 0 Å². The summed E-state index contributed by atoms with van der Waals surface area (Å²) in [5.74, 6) is 0. The van der Waals surface area contributed by atoms with Gasteiger partial charge >= 0.3 is 0 Å². The lowest BCUT2D eigenvalue weighted by atomic mass is 10.9. The number of aromatic nitrogens is 2. The number of halogens is 1. The topological polar surface area (TPSA) is 17.8 Å². The van der Waals surface area contributed by atoms with Gasteiger partial charge in [0.2, 0.25) is 0 Å². The molecule has 0 spiro atoms. The Labute approximate surface area is 50.3 Å². The Morgan fingerprint density at radius 2 is 2.71 bits per heavy atom. The summed E-state index contributed by atoms with van der Waals surface area (Å²) in [5.41, 5.74) is 0.